The Morgan fingerprint density at radius 2 is 1.62 bits per heavy atom. The van der Waals surface area contributed by atoms with E-state index in [0.29, 0.717) is 6.61 Å². The first kappa shape index (κ1) is 21.1. The zero-order valence-corrected chi connectivity index (χ0v) is 17.6. The van der Waals surface area contributed by atoms with E-state index in [2.05, 4.69) is 79.8 Å². The van der Waals surface area contributed by atoms with Gasteiger partial charge in [0.2, 0.25) is 0 Å². The Bertz CT molecular complexity index is 608. The smallest absolute Gasteiger partial charge is 0.259 e. The van der Waals surface area contributed by atoms with E-state index in [1.54, 1.807) is 0 Å². The molecule has 2 aromatic rings. The molecule has 0 spiro atoms. The molecule has 2 aromatic carbocycles. The predicted molar refractivity (Wildman–Crippen MR) is 113 cm³/mol. The van der Waals surface area contributed by atoms with Crippen molar-refractivity contribution in [3.63, 3.8) is 0 Å². The number of hydrogen-bond acceptors (Lipinski definition) is 3. The summed E-state index contributed by atoms with van der Waals surface area (Å²) in [5, 5.41) is 6.08. The summed E-state index contributed by atoms with van der Waals surface area (Å²) in [4.78, 5) is 0. The highest BCUT2D eigenvalue weighted by molar-refractivity contribution is 6.97. The van der Waals surface area contributed by atoms with Gasteiger partial charge in [-0.05, 0) is 23.3 Å². The molecule has 1 saturated heterocycles. The number of rotatable bonds is 7. The fraction of sp³-hybridized carbons (Fsp3) is 0.429. The van der Waals surface area contributed by atoms with Gasteiger partial charge in [-0.2, -0.15) is 0 Å². The second-order valence-corrected chi connectivity index (χ2v) is 10.4. The highest BCUT2D eigenvalue weighted by Crippen LogP contribution is 2.25. The van der Waals surface area contributed by atoms with Gasteiger partial charge < -0.3 is 14.5 Å². The molecule has 1 N–H and O–H groups in total. The summed E-state index contributed by atoms with van der Waals surface area (Å²) < 4.78 is 13.1. The van der Waals surface area contributed by atoms with Crippen molar-refractivity contribution in [3.05, 3.63) is 60.7 Å². The lowest BCUT2D eigenvalue weighted by Crippen LogP contribution is -2.67. The summed E-state index contributed by atoms with van der Waals surface area (Å²) in [6.07, 6.45) is 2.31. The van der Waals surface area contributed by atoms with Gasteiger partial charge in [-0.1, -0.05) is 80.4 Å². The fourth-order valence-electron chi connectivity index (χ4n) is 3.60. The van der Waals surface area contributed by atoms with Crippen molar-refractivity contribution in [1.29, 1.82) is 0 Å². The van der Waals surface area contributed by atoms with E-state index in [1.807, 2.05) is 0 Å². The van der Waals surface area contributed by atoms with E-state index in [1.165, 1.54) is 10.4 Å². The Morgan fingerprint density at radius 1 is 1.04 bits per heavy atom. The summed E-state index contributed by atoms with van der Waals surface area (Å²) >= 11 is 0. The summed E-state index contributed by atoms with van der Waals surface area (Å²) in [6, 6.07) is 22.6. The van der Waals surface area contributed by atoms with Crippen molar-refractivity contribution in [3.8, 4) is 0 Å². The Hall–Kier alpha value is -1.17. The Labute approximate surface area is 164 Å². The molecule has 1 fully saturated rings. The van der Waals surface area contributed by atoms with Crippen molar-refractivity contribution < 1.29 is 9.16 Å². The molecular formula is C21H30ClNO2Si. The molecule has 0 amide bonds. The van der Waals surface area contributed by atoms with E-state index in [-0.39, 0.29) is 12.4 Å². The zero-order chi connectivity index (χ0) is 17.6. The molecule has 0 saturated carbocycles. The lowest BCUT2D eigenvalue weighted by atomic mass is 10.3. The molecule has 0 bridgehead atoms. The molecule has 1 atom stereocenters. The van der Waals surface area contributed by atoms with Crippen LogP contribution in [0.15, 0.2) is 60.7 Å². The molecule has 0 aromatic heterocycles. The molecule has 1 aliphatic rings. The molecule has 3 nitrogen and oxygen atoms in total. The van der Waals surface area contributed by atoms with Crippen molar-refractivity contribution in [2.45, 2.75) is 38.5 Å². The van der Waals surface area contributed by atoms with Crippen molar-refractivity contribution in [2.75, 3.05) is 19.7 Å². The third-order valence-corrected chi connectivity index (χ3v) is 9.25. The minimum atomic E-state index is -2.39. The van der Waals surface area contributed by atoms with Crippen molar-refractivity contribution in [2.24, 2.45) is 0 Å². The SMILES string of the molecule is CCCC[Si](OC1(C)CNCCO1)(c1ccccc1)c1ccccc1.Cl. The molecule has 142 valence electrons. The van der Waals surface area contributed by atoms with Crippen molar-refractivity contribution in [1.82, 2.24) is 5.32 Å². The fourth-order valence-corrected chi connectivity index (χ4v) is 8.03. The number of hydrogen-bond donors (Lipinski definition) is 1. The van der Waals surface area contributed by atoms with E-state index in [9.17, 15) is 0 Å². The molecule has 26 heavy (non-hydrogen) atoms. The number of halogens is 1. The normalized spacial score (nSPS) is 20.4. The van der Waals surface area contributed by atoms with E-state index in [4.69, 9.17) is 9.16 Å². The van der Waals surface area contributed by atoms with Crippen LogP contribution < -0.4 is 15.7 Å². The van der Waals surface area contributed by atoms with Crippen LogP contribution in [0.1, 0.15) is 26.7 Å². The van der Waals surface area contributed by atoms with E-state index < -0.39 is 14.1 Å². The Morgan fingerprint density at radius 3 is 2.08 bits per heavy atom. The summed E-state index contributed by atoms with van der Waals surface area (Å²) in [6.45, 7) is 6.64. The van der Waals surface area contributed by atoms with Crippen LogP contribution in [-0.2, 0) is 9.16 Å². The van der Waals surface area contributed by atoms with Gasteiger partial charge in [-0.3, -0.25) is 0 Å². The quantitative estimate of drug-likeness (QED) is 0.734. The zero-order valence-electron chi connectivity index (χ0n) is 15.7. The summed E-state index contributed by atoms with van der Waals surface area (Å²) in [5.74, 6) is -0.579. The predicted octanol–water partition coefficient (Wildman–Crippen LogP) is 3.32. The number of benzene rings is 2. The maximum Gasteiger partial charge on any atom is 0.259 e. The third-order valence-electron chi connectivity index (χ3n) is 4.89. The van der Waals surface area contributed by atoms with Gasteiger partial charge in [0.25, 0.3) is 8.32 Å². The molecule has 1 heterocycles. The molecule has 0 aliphatic carbocycles. The van der Waals surface area contributed by atoms with Gasteiger partial charge in [-0.25, -0.2) is 0 Å². The standard InChI is InChI=1S/C21H29NO2Si.ClH/c1-3-4-17-25(19-11-7-5-8-12-19,20-13-9-6-10-14-20)24-21(2)18-22-15-16-23-21;/h5-14,22H,3-4,15-18H2,1-2H3;1H. The molecule has 1 unspecified atom stereocenters. The average Bonchev–Trinajstić information content (AvgIpc) is 2.67. The lowest BCUT2D eigenvalue weighted by molar-refractivity contribution is -0.186. The molecule has 5 heteroatoms. The van der Waals surface area contributed by atoms with Crippen LogP contribution in [0.25, 0.3) is 0 Å². The first-order valence-electron chi connectivity index (χ1n) is 9.34. The van der Waals surface area contributed by atoms with E-state index >= 15 is 0 Å². The second kappa shape index (κ2) is 9.67. The van der Waals surface area contributed by atoms with Crippen molar-refractivity contribution >= 4 is 31.1 Å². The van der Waals surface area contributed by atoms with Crippen LogP contribution in [0.2, 0.25) is 6.04 Å². The monoisotopic (exact) mass is 391 g/mol. The minimum absolute atomic E-state index is 0. The van der Waals surface area contributed by atoms with Gasteiger partial charge >= 0.3 is 0 Å². The van der Waals surface area contributed by atoms with Crippen LogP contribution in [0.3, 0.4) is 0 Å². The minimum Gasteiger partial charge on any atom is -0.380 e. The average molecular weight is 392 g/mol. The summed E-state index contributed by atoms with van der Waals surface area (Å²) in [5.41, 5.74) is 0. The number of ether oxygens (including phenoxy) is 1. The molecule has 1 aliphatic heterocycles. The van der Waals surface area contributed by atoms with Crippen LogP contribution in [0.5, 0.6) is 0 Å². The molecule has 3 rings (SSSR count). The van der Waals surface area contributed by atoms with Crippen LogP contribution in [-0.4, -0.2) is 33.8 Å². The lowest BCUT2D eigenvalue weighted by Gasteiger charge is -2.43. The maximum absolute atomic E-state index is 6.99. The first-order chi connectivity index (χ1) is 12.2. The van der Waals surface area contributed by atoms with Gasteiger partial charge in [0.05, 0.1) is 6.61 Å². The largest absolute Gasteiger partial charge is 0.380 e. The number of unbranched alkanes of at least 4 members (excludes halogenated alkanes) is 1. The Kier molecular flexibility index (Phi) is 7.86. The van der Waals surface area contributed by atoms with Gasteiger partial charge in [0, 0.05) is 13.1 Å². The van der Waals surface area contributed by atoms with Crippen LogP contribution in [0.4, 0.5) is 0 Å². The van der Waals surface area contributed by atoms with Gasteiger partial charge in [-0.15, -0.1) is 12.4 Å². The van der Waals surface area contributed by atoms with Gasteiger partial charge in [0.1, 0.15) is 0 Å². The topological polar surface area (TPSA) is 30.5 Å². The molecular weight excluding hydrogens is 362 g/mol. The molecule has 0 radical (unpaired) electrons. The number of morpholine rings is 1. The van der Waals surface area contributed by atoms with Crippen LogP contribution >= 0.6 is 12.4 Å². The maximum atomic E-state index is 6.99. The van der Waals surface area contributed by atoms with Crippen LogP contribution in [0, 0.1) is 0 Å². The highest BCUT2D eigenvalue weighted by Gasteiger charge is 2.45. The second-order valence-electron chi connectivity index (χ2n) is 6.92. The van der Waals surface area contributed by atoms with Gasteiger partial charge in [0.15, 0.2) is 5.79 Å². The first-order valence-corrected chi connectivity index (χ1v) is 11.5. The third kappa shape index (κ3) is 4.75. The summed E-state index contributed by atoms with van der Waals surface area (Å²) in [7, 11) is -2.39. The Balaban J connectivity index is 0.00000243. The van der Waals surface area contributed by atoms with E-state index in [0.717, 1.165) is 32.0 Å². The highest BCUT2D eigenvalue weighted by atomic mass is 35.5. The number of nitrogens with one attached hydrogen (secondary N) is 1.